The van der Waals surface area contributed by atoms with E-state index in [4.69, 9.17) is 4.74 Å². The summed E-state index contributed by atoms with van der Waals surface area (Å²) >= 11 is 3.42. The van der Waals surface area contributed by atoms with Gasteiger partial charge in [0.2, 0.25) is 0 Å². The van der Waals surface area contributed by atoms with Crippen LogP contribution in [0.15, 0.2) is 59.1 Å². The molecule has 0 aliphatic heterocycles. The molecular weight excluding hydrogens is 316 g/mol. The summed E-state index contributed by atoms with van der Waals surface area (Å²) in [6.45, 7) is 0.364. The number of carbonyl (C=O) groups excluding carboxylic acids is 1. The highest BCUT2D eigenvalue weighted by atomic mass is 79.9. The fourth-order valence-electron chi connectivity index (χ4n) is 2.37. The number of benzene rings is 2. The van der Waals surface area contributed by atoms with Crippen molar-refractivity contribution in [2.75, 3.05) is 0 Å². The second-order valence-corrected chi connectivity index (χ2v) is 6.01. The van der Waals surface area contributed by atoms with Gasteiger partial charge >= 0.3 is 5.97 Å². The Kier molecular flexibility index (Phi) is 3.88. The zero-order chi connectivity index (χ0) is 13.9. The summed E-state index contributed by atoms with van der Waals surface area (Å²) in [6.07, 6.45) is 0.898. The molecule has 1 unspecified atom stereocenters. The van der Waals surface area contributed by atoms with Crippen LogP contribution in [0.3, 0.4) is 0 Å². The highest BCUT2D eigenvalue weighted by molar-refractivity contribution is 9.10. The second-order valence-electron chi connectivity index (χ2n) is 5.09. The Hall–Kier alpha value is -1.61. The Labute approximate surface area is 126 Å². The number of rotatable bonds is 4. The first-order chi connectivity index (χ1) is 9.74. The van der Waals surface area contributed by atoms with Crippen LogP contribution in [0.5, 0.6) is 0 Å². The molecule has 1 saturated carbocycles. The summed E-state index contributed by atoms with van der Waals surface area (Å²) < 4.78 is 6.44. The van der Waals surface area contributed by atoms with E-state index in [-0.39, 0.29) is 11.9 Å². The molecule has 3 rings (SSSR count). The Bertz CT molecular complexity index is 592. The van der Waals surface area contributed by atoms with Crippen LogP contribution >= 0.6 is 15.9 Å². The molecule has 0 aromatic heterocycles. The number of hydrogen-bond donors (Lipinski definition) is 0. The third kappa shape index (κ3) is 3.10. The summed E-state index contributed by atoms with van der Waals surface area (Å²) in [6, 6.07) is 17.9. The fraction of sp³-hybridized carbons (Fsp3) is 0.235. The van der Waals surface area contributed by atoms with Crippen molar-refractivity contribution < 1.29 is 9.53 Å². The van der Waals surface area contributed by atoms with Gasteiger partial charge in [-0.3, -0.25) is 4.79 Å². The summed E-state index contributed by atoms with van der Waals surface area (Å²) in [4.78, 5) is 12.0. The Morgan fingerprint density at radius 3 is 2.50 bits per heavy atom. The lowest BCUT2D eigenvalue weighted by Crippen LogP contribution is -2.07. The first kappa shape index (κ1) is 13.4. The van der Waals surface area contributed by atoms with Crippen LogP contribution in [0.1, 0.15) is 23.5 Å². The molecule has 2 aromatic carbocycles. The summed E-state index contributed by atoms with van der Waals surface area (Å²) in [7, 11) is 0. The molecule has 0 N–H and O–H groups in total. The minimum absolute atomic E-state index is 0.0277. The molecular formula is C17H15BrO2. The van der Waals surface area contributed by atoms with E-state index < -0.39 is 0 Å². The van der Waals surface area contributed by atoms with E-state index in [0.717, 1.165) is 16.5 Å². The maximum absolute atomic E-state index is 12.0. The van der Waals surface area contributed by atoms with Gasteiger partial charge in [-0.05, 0) is 35.6 Å². The van der Waals surface area contributed by atoms with E-state index in [2.05, 4.69) is 28.1 Å². The van der Waals surface area contributed by atoms with Gasteiger partial charge in [0.05, 0.1) is 5.92 Å². The van der Waals surface area contributed by atoms with Crippen LogP contribution in [0.2, 0.25) is 0 Å². The van der Waals surface area contributed by atoms with Crippen molar-refractivity contribution in [2.24, 2.45) is 5.92 Å². The van der Waals surface area contributed by atoms with Crippen molar-refractivity contribution >= 4 is 21.9 Å². The standard InChI is InChI=1S/C17H15BrO2/c18-14-8-6-13(7-9-14)15-10-16(15)17(19)20-11-12-4-2-1-3-5-12/h1-9,15-16H,10-11H2/t15?,16-/m1/s1. The van der Waals surface area contributed by atoms with E-state index in [9.17, 15) is 4.79 Å². The molecule has 0 bridgehead atoms. The molecule has 0 spiro atoms. The third-order valence-corrected chi connectivity index (χ3v) is 4.14. The topological polar surface area (TPSA) is 26.3 Å². The van der Waals surface area contributed by atoms with Gasteiger partial charge < -0.3 is 4.74 Å². The van der Waals surface area contributed by atoms with Crippen molar-refractivity contribution in [3.63, 3.8) is 0 Å². The summed E-state index contributed by atoms with van der Waals surface area (Å²) in [5.41, 5.74) is 2.25. The van der Waals surface area contributed by atoms with Gasteiger partial charge in [0.25, 0.3) is 0 Å². The first-order valence-corrected chi connectivity index (χ1v) is 7.49. The smallest absolute Gasteiger partial charge is 0.309 e. The van der Waals surface area contributed by atoms with Crippen LogP contribution < -0.4 is 0 Å². The van der Waals surface area contributed by atoms with Crippen LogP contribution in [0, 0.1) is 5.92 Å². The van der Waals surface area contributed by atoms with Crippen molar-refractivity contribution in [3.05, 3.63) is 70.2 Å². The highest BCUT2D eigenvalue weighted by Crippen LogP contribution is 2.48. The highest BCUT2D eigenvalue weighted by Gasteiger charge is 2.45. The van der Waals surface area contributed by atoms with E-state index in [1.54, 1.807) is 0 Å². The van der Waals surface area contributed by atoms with Gasteiger partial charge in [0.15, 0.2) is 0 Å². The molecule has 102 valence electrons. The van der Waals surface area contributed by atoms with Crippen molar-refractivity contribution in [1.29, 1.82) is 0 Å². The van der Waals surface area contributed by atoms with Crippen LogP contribution in [0.4, 0.5) is 0 Å². The number of carbonyl (C=O) groups is 1. The lowest BCUT2D eigenvalue weighted by atomic mass is 10.1. The fourth-order valence-corrected chi connectivity index (χ4v) is 2.63. The normalized spacial score (nSPS) is 20.4. The lowest BCUT2D eigenvalue weighted by Gasteiger charge is -2.05. The molecule has 3 heteroatoms. The predicted molar refractivity (Wildman–Crippen MR) is 81.2 cm³/mol. The SMILES string of the molecule is O=C(OCc1ccccc1)[C@@H]1CC1c1ccc(Br)cc1. The van der Waals surface area contributed by atoms with E-state index in [1.165, 1.54) is 5.56 Å². The minimum Gasteiger partial charge on any atom is -0.461 e. The molecule has 0 saturated heterocycles. The van der Waals surface area contributed by atoms with E-state index in [0.29, 0.717) is 12.5 Å². The predicted octanol–water partition coefficient (Wildman–Crippen LogP) is 4.30. The van der Waals surface area contributed by atoms with Crippen molar-refractivity contribution in [2.45, 2.75) is 18.9 Å². The third-order valence-electron chi connectivity index (χ3n) is 3.62. The largest absolute Gasteiger partial charge is 0.461 e. The van der Waals surface area contributed by atoms with Gasteiger partial charge in [0, 0.05) is 4.47 Å². The molecule has 1 aliphatic carbocycles. The molecule has 0 amide bonds. The number of hydrogen-bond acceptors (Lipinski definition) is 2. The monoisotopic (exact) mass is 330 g/mol. The summed E-state index contributed by atoms with van der Waals surface area (Å²) in [5, 5.41) is 0. The van der Waals surface area contributed by atoms with Gasteiger partial charge in [-0.2, -0.15) is 0 Å². The van der Waals surface area contributed by atoms with Crippen molar-refractivity contribution in [3.8, 4) is 0 Å². The molecule has 2 aromatic rings. The first-order valence-electron chi connectivity index (χ1n) is 6.70. The Morgan fingerprint density at radius 1 is 1.10 bits per heavy atom. The van der Waals surface area contributed by atoms with Crippen LogP contribution in [-0.2, 0) is 16.1 Å². The van der Waals surface area contributed by atoms with Gasteiger partial charge in [-0.15, -0.1) is 0 Å². The molecule has 1 fully saturated rings. The second kappa shape index (κ2) is 5.80. The zero-order valence-corrected chi connectivity index (χ0v) is 12.5. The Morgan fingerprint density at radius 2 is 1.80 bits per heavy atom. The number of halogens is 1. The maximum Gasteiger partial charge on any atom is 0.309 e. The average Bonchev–Trinajstić information content (AvgIpc) is 3.27. The molecule has 2 atom stereocenters. The van der Waals surface area contributed by atoms with Crippen LogP contribution in [-0.4, -0.2) is 5.97 Å². The quantitative estimate of drug-likeness (QED) is 0.781. The lowest BCUT2D eigenvalue weighted by molar-refractivity contribution is -0.146. The minimum atomic E-state index is -0.0817. The van der Waals surface area contributed by atoms with E-state index >= 15 is 0 Å². The number of esters is 1. The molecule has 20 heavy (non-hydrogen) atoms. The molecule has 0 radical (unpaired) electrons. The van der Waals surface area contributed by atoms with Gasteiger partial charge in [-0.1, -0.05) is 58.4 Å². The van der Waals surface area contributed by atoms with Gasteiger partial charge in [-0.25, -0.2) is 0 Å². The van der Waals surface area contributed by atoms with Crippen LogP contribution in [0.25, 0.3) is 0 Å². The average molecular weight is 331 g/mol. The van der Waals surface area contributed by atoms with E-state index in [1.807, 2.05) is 42.5 Å². The zero-order valence-electron chi connectivity index (χ0n) is 11.0. The molecule has 1 aliphatic rings. The maximum atomic E-state index is 12.0. The molecule has 2 nitrogen and oxygen atoms in total. The van der Waals surface area contributed by atoms with Crippen molar-refractivity contribution in [1.82, 2.24) is 0 Å². The Balaban J connectivity index is 1.54. The number of ether oxygens (including phenoxy) is 1. The van der Waals surface area contributed by atoms with Gasteiger partial charge in [0.1, 0.15) is 6.61 Å². The summed E-state index contributed by atoms with van der Waals surface area (Å²) in [5.74, 6) is 0.271. The molecule has 0 heterocycles.